The molecule has 0 saturated carbocycles. The lowest BCUT2D eigenvalue weighted by molar-refractivity contribution is 0.0652. The van der Waals surface area contributed by atoms with Gasteiger partial charge in [0, 0.05) is 24.7 Å². The highest BCUT2D eigenvalue weighted by Gasteiger charge is 2.30. The lowest BCUT2D eigenvalue weighted by Crippen LogP contribution is -2.53. The summed E-state index contributed by atoms with van der Waals surface area (Å²) in [7, 11) is 0. The van der Waals surface area contributed by atoms with Crippen molar-refractivity contribution in [1.29, 1.82) is 0 Å². The molecule has 2 rings (SSSR count). The summed E-state index contributed by atoms with van der Waals surface area (Å²) in [6.45, 7) is 12.9. The maximum Gasteiger partial charge on any atom is 0.315 e. The van der Waals surface area contributed by atoms with E-state index in [1.165, 1.54) is 0 Å². The van der Waals surface area contributed by atoms with Gasteiger partial charge in [-0.3, -0.25) is 4.79 Å². The molecule has 1 aromatic rings. The number of urea groups is 1. The van der Waals surface area contributed by atoms with Crippen LogP contribution in [0.4, 0.5) is 4.79 Å². The first kappa shape index (κ1) is 19.3. The number of nitrogens with one attached hydrogen (secondary N) is 2. The first-order valence-corrected chi connectivity index (χ1v) is 9.02. The minimum atomic E-state index is -0.269. The molecule has 6 heteroatoms. The quantitative estimate of drug-likeness (QED) is 0.880. The Morgan fingerprint density at radius 1 is 1.32 bits per heavy atom. The molecule has 2 N–H and O–H groups in total. The Kier molecular flexibility index (Phi) is 5.80. The molecule has 1 fully saturated rings. The number of likely N-dealkylation sites (tertiary alicyclic amines) is 1. The standard InChI is InChI=1S/C19H31N3O3/c1-12-10-16(14(3)25-12)17(23)22-9-7-8-15(11-22)13(2)20-18(24)21-19(4,5)6/h10,13,15H,7-9,11H2,1-6H3,(H2,20,21,24). The molecule has 2 atom stereocenters. The largest absolute Gasteiger partial charge is 0.466 e. The third kappa shape index (κ3) is 5.25. The van der Waals surface area contributed by atoms with E-state index in [0.29, 0.717) is 17.9 Å². The number of nitrogens with zero attached hydrogens (tertiary/aromatic N) is 1. The van der Waals surface area contributed by atoms with Crippen molar-refractivity contribution in [2.75, 3.05) is 13.1 Å². The number of rotatable bonds is 3. The van der Waals surface area contributed by atoms with Crippen molar-refractivity contribution in [3.05, 3.63) is 23.2 Å². The predicted molar refractivity (Wildman–Crippen MR) is 97.7 cm³/mol. The highest BCUT2D eigenvalue weighted by Crippen LogP contribution is 2.23. The van der Waals surface area contributed by atoms with E-state index in [9.17, 15) is 9.59 Å². The van der Waals surface area contributed by atoms with Crippen LogP contribution in [0.3, 0.4) is 0 Å². The van der Waals surface area contributed by atoms with Crippen LogP contribution in [0.15, 0.2) is 10.5 Å². The molecule has 0 aromatic carbocycles. The van der Waals surface area contributed by atoms with Gasteiger partial charge in [0.15, 0.2) is 0 Å². The van der Waals surface area contributed by atoms with Crippen molar-refractivity contribution in [2.45, 2.75) is 66.0 Å². The van der Waals surface area contributed by atoms with E-state index in [2.05, 4.69) is 10.6 Å². The molecule has 2 unspecified atom stereocenters. The van der Waals surface area contributed by atoms with Gasteiger partial charge in [-0.05, 0) is 66.4 Å². The molecule has 1 aliphatic heterocycles. The zero-order valence-electron chi connectivity index (χ0n) is 16.2. The number of aryl methyl sites for hydroxylation is 2. The number of hydrogen-bond donors (Lipinski definition) is 2. The Balaban J connectivity index is 1.97. The van der Waals surface area contributed by atoms with Gasteiger partial charge in [0.25, 0.3) is 5.91 Å². The summed E-state index contributed by atoms with van der Waals surface area (Å²) in [4.78, 5) is 26.7. The lowest BCUT2D eigenvalue weighted by atomic mass is 9.91. The number of carbonyl (C=O) groups excluding carboxylic acids is 2. The molecule has 1 aliphatic rings. The van der Waals surface area contributed by atoms with Crippen molar-refractivity contribution in [3.63, 3.8) is 0 Å². The second-order valence-electron chi connectivity index (χ2n) is 8.12. The smallest absolute Gasteiger partial charge is 0.315 e. The monoisotopic (exact) mass is 349 g/mol. The summed E-state index contributed by atoms with van der Waals surface area (Å²) < 4.78 is 5.49. The van der Waals surface area contributed by atoms with E-state index >= 15 is 0 Å². The zero-order chi connectivity index (χ0) is 18.8. The molecule has 0 radical (unpaired) electrons. The average Bonchev–Trinajstić information content (AvgIpc) is 2.83. The Labute approximate surface area is 150 Å². The third-order valence-electron chi connectivity index (χ3n) is 4.57. The van der Waals surface area contributed by atoms with Gasteiger partial charge in [-0.1, -0.05) is 0 Å². The van der Waals surface area contributed by atoms with Crippen LogP contribution < -0.4 is 10.6 Å². The Hall–Kier alpha value is -1.98. The minimum absolute atomic E-state index is 0.00475. The van der Waals surface area contributed by atoms with Gasteiger partial charge in [0.1, 0.15) is 11.5 Å². The summed E-state index contributed by atoms with van der Waals surface area (Å²) in [5, 5.41) is 5.93. The SMILES string of the molecule is Cc1cc(C(=O)N2CCCC(C(C)NC(=O)NC(C)(C)C)C2)c(C)o1. The van der Waals surface area contributed by atoms with E-state index in [-0.39, 0.29) is 29.4 Å². The van der Waals surface area contributed by atoms with Crippen LogP contribution in [0.1, 0.15) is 62.4 Å². The van der Waals surface area contributed by atoms with E-state index < -0.39 is 0 Å². The third-order valence-corrected chi connectivity index (χ3v) is 4.57. The van der Waals surface area contributed by atoms with Crippen LogP contribution in [0.25, 0.3) is 0 Å². The predicted octanol–water partition coefficient (Wildman–Crippen LogP) is 3.23. The number of piperidine rings is 1. The van der Waals surface area contributed by atoms with Gasteiger partial charge < -0.3 is 20.0 Å². The van der Waals surface area contributed by atoms with Crippen LogP contribution >= 0.6 is 0 Å². The summed E-state index contributed by atoms with van der Waals surface area (Å²) in [5.41, 5.74) is 0.374. The fraction of sp³-hybridized carbons (Fsp3) is 0.684. The molecule has 3 amide bonds. The Morgan fingerprint density at radius 3 is 2.56 bits per heavy atom. The zero-order valence-corrected chi connectivity index (χ0v) is 16.2. The maximum absolute atomic E-state index is 12.8. The molecule has 0 spiro atoms. The molecule has 6 nitrogen and oxygen atoms in total. The summed E-state index contributed by atoms with van der Waals surface area (Å²) in [6, 6.07) is 1.65. The molecule has 2 heterocycles. The molecule has 140 valence electrons. The summed E-state index contributed by atoms with van der Waals surface area (Å²) >= 11 is 0. The number of carbonyl (C=O) groups is 2. The van der Waals surface area contributed by atoms with Crippen LogP contribution in [0.5, 0.6) is 0 Å². The fourth-order valence-electron chi connectivity index (χ4n) is 3.32. The van der Waals surface area contributed by atoms with Gasteiger partial charge in [0.2, 0.25) is 0 Å². The fourth-order valence-corrected chi connectivity index (χ4v) is 3.32. The number of amides is 3. The number of hydrogen-bond acceptors (Lipinski definition) is 3. The molecule has 1 aromatic heterocycles. The van der Waals surface area contributed by atoms with Crippen molar-refractivity contribution in [2.24, 2.45) is 5.92 Å². The molecule has 0 bridgehead atoms. The highest BCUT2D eigenvalue weighted by atomic mass is 16.3. The first-order valence-electron chi connectivity index (χ1n) is 9.02. The molecule has 25 heavy (non-hydrogen) atoms. The Morgan fingerprint density at radius 2 is 2.00 bits per heavy atom. The lowest BCUT2D eigenvalue weighted by Gasteiger charge is -2.36. The van der Waals surface area contributed by atoms with Crippen LogP contribution in [-0.4, -0.2) is 41.5 Å². The van der Waals surface area contributed by atoms with Gasteiger partial charge in [-0.15, -0.1) is 0 Å². The van der Waals surface area contributed by atoms with Crippen LogP contribution in [-0.2, 0) is 0 Å². The number of furan rings is 1. The van der Waals surface area contributed by atoms with Gasteiger partial charge in [-0.2, -0.15) is 0 Å². The minimum Gasteiger partial charge on any atom is -0.466 e. The normalized spacial score (nSPS) is 19.4. The van der Waals surface area contributed by atoms with E-state index in [0.717, 1.165) is 25.1 Å². The maximum atomic E-state index is 12.8. The average molecular weight is 349 g/mol. The van der Waals surface area contributed by atoms with Crippen LogP contribution in [0.2, 0.25) is 0 Å². The summed E-state index contributed by atoms with van der Waals surface area (Å²) in [6.07, 6.45) is 1.95. The van der Waals surface area contributed by atoms with Crippen molar-refractivity contribution in [3.8, 4) is 0 Å². The second kappa shape index (κ2) is 7.50. The van der Waals surface area contributed by atoms with E-state index in [1.807, 2.05) is 46.4 Å². The topological polar surface area (TPSA) is 74.6 Å². The molecule has 0 aliphatic carbocycles. The van der Waals surface area contributed by atoms with Gasteiger partial charge in [-0.25, -0.2) is 4.79 Å². The Bertz CT molecular complexity index is 630. The second-order valence-corrected chi connectivity index (χ2v) is 8.12. The highest BCUT2D eigenvalue weighted by molar-refractivity contribution is 5.95. The van der Waals surface area contributed by atoms with Crippen LogP contribution in [0, 0.1) is 19.8 Å². The van der Waals surface area contributed by atoms with Gasteiger partial charge in [0.05, 0.1) is 5.56 Å². The van der Waals surface area contributed by atoms with E-state index in [4.69, 9.17) is 4.42 Å². The van der Waals surface area contributed by atoms with Crippen molar-refractivity contribution in [1.82, 2.24) is 15.5 Å². The van der Waals surface area contributed by atoms with E-state index in [1.54, 1.807) is 6.07 Å². The molecule has 1 saturated heterocycles. The first-order chi connectivity index (χ1) is 11.6. The van der Waals surface area contributed by atoms with Gasteiger partial charge >= 0.3 is 6.03 Å². The summed E-state index contributed by atoms with van der Waals surface area (Å²) in [5.74, 6) is 1.69. The van der Waals surface area contributed by atoms with Crippen molar-refractivity contribution >= 4 is 11.9 Å². The molecular weight excluding hydrogens is 318 g/mol. The molecular formula is C19H31N3O3. The van der Waals surface area contributed by atoms with Crippen molar-refractivity contribution < 1.29 is 14.0 Å².